The van der Waals surface area contributed by atoms with Crippen molar-refractivity contribution in [2.45, 2.75) is 0 Å². The van der Waals surface area contributed by atoms with Gasteiger partial charge in [0.05, 0.1) is 12.2 Å². The molecule has 3 nitrogen and oxygen atoms in total. The van der Waals surface area contributed by atoms with E-state index in [9.17, 15) is 13.6 Å². The smallest absolute Gasteiger partial charge is 0.243 e. The molecule has 0 atom stereocenters. The molecular weight excluding hydrogens is 330 g/mol. The van der Waals surface area contributed by atoms with Crippen molar-refractivity contribution in [3.8, 4) is 0 Å². The van der Waals surface area contributed by atoms with Gasteiger partial charge >= 0.3 is 0 Å². The zero-order valence-electron chi connectivity index (χ0n) is 10.3. The second-order valence-corrected chi connectivity index (χ2v) is 4.95. The first-order chi connectivity index (χ1) is 9.54. The van der Waals surface area contributed by atoms with Crippen LogP contribution in [0.2, 0.25) is 0 Å². The summed E-state index contributed by atoms with van der Waals surface area (Å²) in [5.41, 5.74) is 0.710. The second kappa shape index (κ2) is 6.47. The molecule has 6 heteroatoms. The first kappa shape index (κ1) is 14.5. The number of carbonyl (C=O) groups is 1. The Morgan fingerprint density at radius 2 is 1.95 bits per heavy atom. The lowest BCUT2D eigenvalue weighted by Crippen LogP contribution is -2.22. The third kappa shape index (κ3) is 4.03. The lowest BCUT2D eigenvalue weighted by atomic mass is 10.3. The number of anilines is 2. The molecule has 0 spiro atoms. The highest BCUT2D eigenvalue weighted by atomic mass is 79.9. The van der Waals surface area contributed by atoms with E-state index in [1.807, 2.05) is 18.2 Å². The monoisotopic (exact) mass is 340 g/mol. The summed E-state index contributed by atoms with van der Waals surface area (Å²) in [6.07, 6.45) is 0. The van der Waals surface area contributed by atoms with Crippen molar-refractivity contribution in [2.75, 3.05) is 17.2 Å². The Morgan fingerprint density at radius 1 is 1.15 bits per heavy atom. The molecule has 0 saturated carbocycles. The van der Waals surface area contributed by atoms with Crippen LogP contribution in [-0.2, 0) is 4.79 Å². The molecule has 2 aromatic carbocycles. The van der Waals surface area contributed by atoms with E-state index >= 15 is 0 Å². The number of benzene rings is 2. The van der Waals surface area contributed by atoms with Gasteiger partial charge in [0.15, 0.2) is 0 Å². The number of halogens is 3. The van der Waals surface area contributed by atoms with Crippen LogP contribution in [0.3, 0.4) is 0 Å². The lowest BCUT2D eigenvalue weighted by molar-refractivity contribution is -0.114. The van der Waals surface area contributed by atoms with E-state index < -0.39 is 17.5 Å². The molecule has 0 unspecified atom stereocenters. The maximum Gasteiger partial charge on any atom is 0.243 e. The van der Waals surface area contributed by atoms with E-state index in [1.54, 1.807) is 6.07 Å². The maximum atomic E-state index is 13.3. The predicted molar refractivity (Wildman–Crippen MR) is 77.6 cm³/mol. The largest absolute Gasteiger partial charge is 0.376 e. The van der Waals surface area contributed by atoms with Gasteiger partial charge in [-0.3, -0.25) is 4.79 Å². The molecule has 0 heterocycles. The van der Waals surface area contributed by atoms with Crippen molar-refractivity contribution in [3.63, 3.8) is 0 Å². The zero-order chi connectivity index (χ0) is 14.5. The average molecular weight is 341 g/mol. The molecule has 20 heavy (non-hydrogen) atoms. The second-order valence-electron chi connectivity index (χ2n) is 4.04. The van der Waals surface area contributed by atoms with Gasteiger partial charge in [-0.2, -0.15) is 0 Å². The maximum absolute atomic E-state index is 13.3. The number of hydrogen-bond donors (Lipinski definition) is 2. The first-order valence-electron chi connectivity index (χ1n) is 5.79. The van der Waals surface area contributed by atoms with Crippen LogP contribution in [-0.4, -0.2) is 12.5 Å². The Bertz CT molecular complexity index is 634. The Balaban J connectivity index is 1.92. The Labute approximate surface area is 123 Å². The number of nitrogens with one attached hydrogen (secondary N) is 2. The molecule has 0 aliphatic heterocycles. The summed E-state index contributed by atoms with van der Waals surface area (Å²) >= 11 is 3.31. The van der Waals surface area contributed by atoms with Crippen LogP contribution in [0.4, 0.5) is 20.2 Å². The van der Waals surface area contributed by atoms with Crippen LogP contribution in [0, 0.1) is 11.6 Å². The molecule has 0 aliphatic carbocycles. The van der Waals surface area contributed by atoms with Crippen molar-refractivity contribution in [1.29, 1.82) is 0 Å². The van der Waals surface area contributed by atoms with Crippen molar-refractivity contribution < 1.29 is 13.6 Å². The molecule has 0 fully saturated rings. The summed E-state index contributed by atoms with van der Waals surface area (Å²) < 4.78 is 27.0. The molecule has 2 aromatic rings. The van der Waals surface area contributed by atoms with Crippen LogP contribution in [0.15, 0.2) is 46.9 Å². The summed E-state index contributed by atoms with van der Waals surface area (Å²) in [5.74, 6) is -1.91. The van der Waals surface area contributed by atoms with Crippen molar-refractivity contribution in [1.82, 2.24) is 0 Å². The predicted octanol–water partition coefficient (Wildman–Crippen LogP) is 3.78. The standard InChI is InChI=1S/C14H11BrF2N2O/c15-9-2-1-3-11(6-9)18-8-14(20)19-13-5-4-10(16)7-12(13)17/h1-7,18H,8H2,(H,19,20). The molecule has 0 bridgehead atoms. The Kier molecular flexibility index (Phi) is 4.68. The van der Waals surface area contributed by atoms with Gasteiger partial charge in [0.2, 0.25) is 5.91 Å². The molecule has 1 amide bonds. The molecular formula is C14H11BrF2N2O. The van der Waals surface area contributed by atoms with Crippen LogP contribution < -0.4 is 10.6 Å². The van der Waals surface area contributed by atoms with Gasteiger partial charge < -0.3 is 10.6 Å². The molecule has 104 valence electrons. The molecule has 2 N–H and O–H groups in total. The zero-order valence-corrected chi connectivity index (χ0v) is 11.9. The molecule has 0 aliphatic rings. The van der Waals surface area contributed by atoms with Crippen molar-refractivity contribution in [3.05, 3.63) is 58.6 Å². The SMILES string of the molecule is O=C(CNc1cccc(Br)c1)Nc1ccc(F)cc1F. The fourth-order valence-electron chi connectivity index (χ4n) is 1.57. The van der Waals surface area contributed by atoms with Gasteiger partial charge in [-0.15, -0.1) is 0 Å². The van der Waals surface area contributed by atoms with Crippen molar-refractivity contribution >= 4 is 33.2 Å². The van der Waals surface area contributed by atoms with Gasteiger partial charge in [0.25, 0.3) is 0 Å². The highest BCUT2D eigenvalue weighted by Crippen LogP contribution is 2.16. The van der Waals surface area contributed by atoms with Gasteiger partial charge in [-0.1, -0.05) is 22.0 Å². The van der Waals surface area contributed by atoms with E-state index in [4.69, 9.17) is 0 Å². The summed E-state index contributed by atoms with van der Waals surface area (Å²) in [7, 11) is 0. The molecule has 0 radical (unpaired) electrons. The Hall–Kier alpha value is -1.95. The molecule has 0 aromatic heterocycles. The topological polar surface area (TPSA) is 41.1 Å². The van der Waals surface area contributed by atoms with E-state index in [-0.39, 0.29) is 12.2 Å². The summed E-state index contributed by atoms with van der Waals surface area (Å²) in [5, 5.41) is 5.27. The minimum Gasteiger partial charge on any atom is -0.376 e. The highest BCUT2D eigenvalue weighted by molar-refractivity contribution is 9.10. The van der Waals surface area contributed by atoms with Gasteiger partial charge in [0, 0.05) is 16.2 Å². The third-order valence-electron chi connectivity index (χ3n) is 2.48. The minimum absolute atomic E-state index is 0.0206. The van der Waals surface area contributed by atoms with Gasteiger partial charge in [-0.05, 0) is 30.3 Å². The summed E-state index contributed by atoms with van der Waals surface area (Å²) in [6, 6.07) is 10.3. The normalized spacial score (nSPS) is 10.2. The van der Waals surface area contributed by atoms with Crippen LogP contribution in [0.1, 0.15) is 0 Å². The van der Waals surface area contributed by atoms with Gasteiger partial charge in [-0.25, -0.2) is 8.78 Å². The number of carbonyl (C=O) groups excluding carboxylic acids is 1. The number of rotatable bonds is 4. The summed E-state index contributed by atoms with van der Waals surface area (Å²) in [6.45, 7) is -0.0206. The van der Waals surface area contributed by atoms with Crippen LogP contribution in [0.25, 0.3) is 0 Å². The quantitative estimate of drug-likeness (QED) is 0.889. The average Bonchev–Trinajstić information content (AvgIpc) is 2.40. The molecule has 2 rings (SSSR count). The van der Waals surface area contributed by atoms with Gasteiger partial charge in [0.1, 0.15) is 11.6 Å². The highest BCUT2D eigenvalue weighted by Gasteiger charge is 2.07. The lowest BCUT2D eigenvalue weighted by Gasteiger charge is -2.08. The fraction of sp³-hybridized carbons (Fsp3) is 0.0714. The van der Waals surface area contributed by atoms with E-state index in [0.717, 1.165) is 22.3 Å². The van der Waals surface area contributed by atoms with Crippen LogP contribution >= 0.6 is 15.9 Å². The minimum atomic E-state index is -0.805. The number of amides is 1. The Morgan fingerprint density at radius 3 is 2.65 bits per heavy atom. The molecule has 0 saturated heterocycles. The summed E-state index contributed by atoms with van der Waals surface area (Å²) in [4.78, 5) is 11.7. The third-order valence-corrected chi connectivity index (χ3v) is 2.98. The number of hydrogen-bond acceptors (Lipinski definition) is 2. The first-order valence-corrected chi connectivity index (χ1v) is 6.58. The van der Waals surface area contributed by atoms with E-state index in [1.165, 1.54) is 6.07 Å². The fourth-order valence-corrected chi connectivity index (χ4v) is 1.97. The van der Waals surface area contributed by atoms with Crippen LogP contribution in [0.5, 0.6) is 0 Å². The van der Waals surface area contributed by atoms with Crippen molar-refractivity contribution in [2.24, 2.45) is 0 Å². The van der Waals surface area contributed by atoms with E-state index in [0.29, 0.717) is 0 Å². The van der Waals surface area contributed by atoms with E-state index in [2.05, 4.69) is 26.6 Å².